The Morgan fingerprint density at radius 3 is 1.38 bits per heavy atom. The Hall–Kier alpha value is -1.04. The van der Waals surface area contributed by atoms with Gasteiger partial charge in [0.25, 0.3) is 0 Å². The average Bonchev–Trinajstić information content (AvgIpc) is 3.38. The molecule has 0 saturated heterocycles. The Bertz CT molecular complexity index is 830. The fourth-order valence-electron chi connectivity index (χ4n) is 9.89. The molecule has 0 aromatic rings. The van der Waals surface area contributed by atoms with Crippen LogP contribution < -0.4 is 0 Å². The minimum Gasteiger partial charge on any atom is -0.0825 e. The van der Waals surface area contributed by atoms with Crippen molar-refractivity contribution in [3.8, 4) is 0 Å². The van der Waals surface area contributed by atoms with Gasteiger partial charge in [0.05, 0.1) is 0 Å². The zero-order valence-corrected chi connectivity index (χ0v) is 24.1. The number of allylic oxidation sites excluding steroid dienone is 8. The fraction of sp³-hybridized carbons (Fsp3) is 0.765. The second-order valence-electron chi connectivity index (χ2n) is 14.4. The Morgan fingerprint density at radius 1 is 0.559 bits per heavy atom. The summed E-state index contributed by atoms with van der Waals surface area (Å²) < 4.78 is 0. The maximum Gasteiger partial charge on any atom is -0.0191 e. The van der Waals surface area contributed by atoms with E-state index in [1.54, 1.807) is 0 Å². The van der Waals surface area contributed by atoms with Crippen molar-refractivity contribution in [3.63, 3.8) is 0 Å². The molecule has 0 amide bonds. The van der Waals surface area contributed by atoms with Gasteiger partial charge < -0.3 is 0 Å². The third-order valence-corrected chi connectivity index (χ3v) is 10.5. The summed E-state index contributed by atoms with van der Waals surface area (Å²) in [5, 5.41) is 0. The van der Waals surface area contributed by atoms with Gasteiger partial charge in [-0.25, -0.2) is 0 Å². The standard InChI is InChI=1S/C34H54/c1-20(2)11-25-16-28(14-23(7)8)33-24(9)32(17-29(25)33)34(10)18-30-26(12-21(3)4)15-27(13-22(5)6)31(30)19-34/h11-14,24-33H,15-19H2,1-10H3/t24?,25?,26?,27?,28?,29?,30?,31?,32-,33?,34?/m0/s1. The molecule has 190 valence electrons. The number of hydrogen-bond acceptors (Lipinski definition) is 0. The minimum atomic E-state index is 0.520. The summed E-state index contributed by atoms with van der Waals surface area (Å²) in [6.07, 6.45) is 17.8. The average molecular weight is 463 g/mol. The van der Waals surface area contributed by atoms with Crippen molar-refractivity contribution >= 4 is 0 Å². The smallest absolute Gasteiger partial charge is 0.0191 e. The van der Waals surface area contributed by atoms with Crippen LogP contribution in [-0.4, -0.2) is 0 Å². The molecular formula is C34H54. The molecule has 4 aliphatic rings. The first kappa shape index (κ1) is 26.0. The molecule has 0 radical (unpaired) electrons. The molecule has 4 saturated carbocycles. The second kappa shape index (κ2) is 9.78. The highest BCUT2D eigenvalue weighted by atomic mass is 14.6. The van der Waals surface area contributed by atoms with Crippen LogP contribution in [0.15, 0.2) is 46.6 Å². The first-order valence-electron chi connectivity index (χ1n) is 14.5. The molecule has 9 unspecified atom stereocenters. The molecular weight excluding hydrogens is 408 g/mol. The molecule has 34 heavy (non-hydrogen) atoms. The van der Waals surface area contributed by atoms with Gasteiger partial charge in [-0.15, -0.1) is 0 Å². The lowest BCUT2D eigenvalue weighted by Gasteiger charge is -2.38. The van der Waals surface area contributed by atoms with Crippen molar-refractivity contribution in [1.82, 2.24) is 0 Å². The minimum absolute atomic E-state index is 0.520. The Labute approximate surface area is 212 Å². The molecule has 10 atom stereocenters. The zero-order valence-electron chi connectivity index (χ0n) is 24.1. The van der Waals surface area contributed by atoms with Crippen molar-refractivity contribution in [3.05, 3.63) is 46.6 Å². The van der Waals surface area contributed by atoms with Gasteiger partial charge in [-0.3, -0.25) is 0 Å². The van der Waals surface area contributed by atoms with Gasteiger partial charge in [0.2, 0.25) is 0 Å². The van der Waals surface area contributed by atoms with E-state index in [0.29, 0.717) is 5.41 Å². The second-order valence-corrected chi connectivity index (χ2v) is 14.4. The quantitative estimate of drug-likeness (QED) is 0.356. The Balaban J connectivity index is 1.62. The van der Waals surface area contributed by atoms with Gasteiger partial charge >= 0.3 is 0 Å². The predicted octanol–water partition coefficient (Wildman–Crippen LogP) is 10.0. The van der Waals surface area contributed by atoms with Gasteiger partial charge in [0, 0.05) is 0 Å². The summed E-state index contributed by atoms with van der Waals surface area (Å²) in [6, 6.07) is 0. The molecule has 0 N–H and O–H groups in total. The van der Waals surface area contributed by atoms with Gasteiger partial charge in [-0.05, 0) is 152 Å². The summed E-state index contributed by atoms with van der Waals surface area (Å²) in [4.78, 5) is 0. The van der Waals surface area contributed by atoms with Crippen LogP contribution in [0.3, 0.4) is 0 Å². The Kier molecular flexibility index (Phi) is 7.49. The molecule has 0 nitrogen and oxygen atoms in total. The molecule has 0 heterocycles. The van der Waals surface area contributed by atoms with Crippen molar-refractivity contribution in [1.29, 1.82) is 0 Å². The third kappa shape index (κ3) is 4.95. The highest BCUT2D eigenvalue weighted by Crippen LogP contribution is 2.67. The molecule has 4 fully saturated rings. The van der Waals surface area contributed by atoms with E-state index in [2.05, 4.69) is 93.5 Å². The summed E-state index contributed by atoms with van der Waals surface area (Å²) in [5.41, 5.74) is 6.61. The van der Waals surface area contributed by atoms with Crippen molar-refractivity contribution in [2.45, 2.75) is 101 Å². The molecule has 0 aromatic heterocycles. The van der Waals surface area contributed by atoms with E-state index in [0.717, 1.165) is 59.2 Å². The maximum absolute atomic E-state index is 2.72. The molecule has 4 rings (SSSR count). The van der Waals surface area contributed by atoms with Crippen LogP contribution in [0.1, 0.15) is 101 Å². The highest BCUT2D eigenvalue weighted by Gasteiger charge is 2.60. The van der Waals surface area contributed by atoms with E-state index < -0.39 is 0 Å². The van der Waals surface area contributed by atoms with Gasteiger partial charge in [0.1, 0.15) is 0 Å². The highest BCUT2D eigenvalue weighted by molar-refractivity contribution is 5.19. The van der Waals surface area contributed by atoms with Gasteiger partial charge in [0.15, 0.2) is 0 Å². The zero-order chi connectivity index (χ0) is 24.9. The van der Waals surface area contributed by atoms with Gasteiger partial charge in [-0.2, -0.15) is 0 Å². The maximum atomic E-state index is 2.72. The lowest BCUT2D eigenvalue weighted by atomic mass is 9.67. The van der Waals surface area contributed by atoms with Crippen LogP contribution in [-0.2, 0) is 0 Å². The summed E-state index contributed by atoms with van der Waals surface area (Å²) in [7, 11) is 0. The van der Waals surface area contributed by atoms with Crippen molar-refractivity contribution in [2.24, 2.45) is 64.6 Å². The first-order valence-corrected chi connectivity index (χ1v) is 14.5. The summed E-state index contributed by atoms with van der Waals surface area (Å²) >= 11 is 0. The normalized spacial score (nSPS) is 44.9. The fourth-order valence-corrected chi connectivity index (χ4v) is 9.89. The lowest BCUT2D eigenvalue weighted by molar-refractivity contribution is 0.116. The molecule has 4 aliphatic carbocycles. The molecule has 0 aliphatic heterocycles. The van der Waals surface area contributed by atoms with Crippen LogP contribution in [0.25, 0.3) is 0 Å². The molecule has 0 spiro atoms. The summed E-state index contributed by atoms with van der Waals surface area (Å²) in [6.45, 7) is 23.9. The topological polar surface area (TPSA) is 0 Å². The predicted molar refractivity (Wildman–Crippen MR) is 149 cm³/mol. The summed E-state index contributed by atoms with van der Waals surface area (Å²) in [5.74, 6) is 8.51. The molecule has 0 aromatic carbocycles. The number of fused-ring (bicyclic) bond motifs is 2. The van der Waals surface area contributed by atoms with Crippen LogP contribution >= 0.6 is 0 Å². The van der Waals surface area contributed by atoms with E-state index in [9.17, 15) is 0 Å². The van der Waals surface area contributed by atoms with Crippen LogP contribution in [0.5, 0.6) is 0 Å². The van der Waals surface area contributed by atoms with E-state index in [1.165, 1.54) is 54.4 Å². The van der Waals surface area contributed by atoms with Crippen molar-refractivity contribution < 1.29 is 0 Å². The van der Waals surface area contributed by atoms with E-state index >= 15 is 0 Å². The van der Waals surface area contributed by atoms with Crippen molar-refractivity contribution in [2.75, 3.05) is 0 Å². The van der Waals surface area contributed by atoms with Crippen LogP contribution in [0, 0.1) is 64.6 Å². The SMILES string of the molecule is CC(C)=CC1CC(C=C(C)C)C2CC(C)([C@H]3CC4C(C=C(C)C)CC(C=C(C)C)C4C3C)CC12. The first-order chi connectivity index (χ1) is 15.9. The lowest BCUT2D eigenvalue weighted by Crippen LogP contribution is -2.31. The van der Waals surface area contributed by atoms with E-state index in [-0.39, 0.29) is 0 Å². The molecule has 0 heteroatoms. The monoisotopic (exact) mass is 462 g/mol. The van der Waals surface area contributed by atoms with Gasteiger partial charge in [-0.1, -0.05) is 60.4 Å². The molecule has 0 bridgehead atoms. The number of rotatable bonds is 5. The van der Waals surface area contributed by atoms with Crippen LogP contribution in [0.2, 0.25) is 0 Å². The number of hydrogen-bond donors (Lipinski definition) is 0. The van der Waals surface area contributed by atoms with E-state index in [1.807, 2.05) is 0 Å². The van der Waals surface area contributed by atoms with Crippen LogP contribution in [0.4, 0.5) is 0 Å². The third-order valence-electron chi connectivity index (χ3n) is 10.5. The van der Waals surface area contributed by atoms with E-state index in [4.69, 9.17) is 0 Å². The largest absolute Gasteiger partial charge is 0.0825 e. The Morgan fingerprint density at radius 2 is 0.941 bits per heavy atom.